The Morgan fingerprint density at radius 3 is 2.94 bits per heavy atom. The first kappa shape index (κ1) is 12.0. The summed E-state index contributed by atoms with van der Waals surface area (Å²) in [6, 6.07) is 5.00. The third kappa shape index (κ3) is 2.84. The van der Waals surface area contributed by atoms with Crippen LogP contribution in [-0.4, -0.2) is 42.0 Å². The SMILES string of the molecule is Clc1ccc(CN2CCCN3CCCC3C2)s1. The van der Waals surface area contributed by atoms with Crippen LogP contribution in [0.3, 0.4) is 0 Å². The van der Waals surface area contributed by atoms with E-state index in [4.69, 9.17) is 11.6 Å². The highest BCUT2D eigenvalue weighted by molar-refractivity contribution is 7.16. The van der Waals surface area contributed by atoms with Crippen LogP contribution in [0.1, 0.15) is 24.1 Å². The Morgan fingerprint density at radius 1 is 1.24 bits per heavy atom. The predicted octanol–water partition coefficient (Wildman–Crippen LogP) is 3.07. The molecule has 0 amide bonds. The molecule has 3 heterocycles. The van der Waals surface area contributed by atoms with Crippen LogP contribution < -0.4 is 0 Å². The lowest BCUT2D eigenvalue weighted by atomic mass is 10.2. The number of nitrogens with zero attached hydrogens (tertiary/aromatic N) is 2. The average molecular weight is 271 g/mol. The highest BCUT2D eigenvalue weighted by Gasteiger charge is 2.28. The first-order valence-electron chi connectivity index (χ1n) is 6.52. The smallest absolute Gasteiger partial charge is 0.0931 e. The van der Waals surface area contributed by atoms with Gasteiger partial charge in [-0.1, -0.05) is 11.6 Å². The first-order chi connectivity index (χ1) is 8.31. The minimum absolute atomic E-state index is 0.813. The second-order valence-electron chi connectivity index (χ2n) is 5.13. The fourth-order valence-electron chi connectivity index (χ4n) is 3.08. The van der Waals surface area contributed by atoms with Crippen LogP contribution in [0.15, 0.2) is 12.1 Å². The molecule has 2 aliphatic rings. The summed E-state index contributed by atoms with van der Waals surface area (Å²) in [5.41, 5.74) is 0. The van der Waals surface area contributed by atoms with Gasteiger partial charge in [0.15, 0.2) is 0 Å². The highest BCUT2D eigenvalue weighted by Crippen LogP contribution is 2.25. The van der Waals surface area contributed by atoms with Crippen molar-refractivity contribution in [2.75, 3.05) is 26.2 Å². The molecule has 0 radical (unpaired) electrons. The van der Waals surface area contributed by atoms with E-state index in [1.807, 2.05) is 6.07 Å². The van der Waals surface area contributed by atoms with E-state index in [0.29, 0.717) is 0 Å². The molecule has 0 bridgehead atoms. The molecule has 17 heavy (non-hydrogen) atoms. The lowest BCUT2D eigenvalue weighted by molar-refractivity contribution is 0.216. The van der Waals surface area contributed by atoms with Gasteiger partial charge in [0.1, 0.15) is 0 Å². The van der Waals surface area contributed by atoms with Gasteiger partial charge in [0.25, 0.3) is 0 Å². The van der Waals surface area contributed by atoms with E-state index in [1.165, 1.54) is 50.3 Å². The van der Waals surface area contributed by atoms with Gasteiger partial charge in [0.05, 0.1) is 4.34 Å². The summed E-state index contributed by atoms with van der Waals surface area (Å²) < 4.78 is 0.914. The van der Waals surface area contributed by atoms with E-state index in [9.17, 15) is 0 Å². The summed E-state index contributed by atoms with van der Waals surface area (Å²) in [5.74, 6) is 0. The Morgan fingerprint density at radius 2 is 2.12 bits per heavy atom. The van der Waals surface area contributed by atoms with Crippen molar-refractivity contribution < 1.29 is 0 Å². The van der Waals surface area contributed by atoms with Gasteiger partial charge < -0.3 is 0 Å². The van der Waals surface area contributed by atoms with Gasteiger partial charge in [-0.3, -0.25) is 9.80 Å². The Balaban J connectivity index is 1.63. The van der Waals surface area contributed by atoms with Crippen LogP contribution >= 0.6 is 22.9 Å². The maximum absolute atomic E-state index is 5.99. The van der Waals surface area contributed by atoms with Gasteiger partial charge in [-0.25, -0.2) is 0 Å². The zero-order chi connectivity index (χ0) is 11.7. The summed E-state index contributed by atoms with van der Waals surface area (Å²) >= 11 is 7.71. The van der Waals surface area contributed by atoms with Crippen molar-refractivity contribution in [2.24, 2.45) is 0 Å². The third-order valence-corrected chi connectivity index (χ3v) is 5.11. The van der Waals surface area contributed by atoms with Crippen LogP contribution in [-0.2, 0) is 6.54 Å². The second-order valence-corrected chi connectivity index (χ2v) is 6.93. The van der Waals surface area contributed by atoms with Gasteiger partial charge in [0, 0.05) is 24.0 Å². The van der Waals surface area contributed by atoms with Crippen molar-refractivity contribution in [3.63, 3.8) is 0 Å². The molecule has 0 aliphatic carbocycles. The monoisotopic (exact) mass is 270 g/mol. The van der Waals surface area contributed by atoms with E-state index in [0.717, 1.165) is 16.9 Å². The summed E-state index contributed by atoms with van der Waals surface area (Å²) in [4.78, 5) is 6.70. The van der Waals surface area contributed by atoms with E-state index >= 15 is 0 Å². The molecule has 94 valence electrons. The third-order valence-electron chi connectivity index (χ3n) is 3.90. The molecule has 2 saturated heterocycles. The highest BCUT2D eigenvalue weighted by atomic mass is 35.5. The van der Waals surface area contributed by atoms with Crippen LogP contribution in [0.25, 0.3) is 0 Å². The summed E-state index contributed by atoms with van der Waals surface area (Å²) in [7, 11) is 0. The van der Waals surface area contributed by atoms with Crippen LogP contribution in [0.4, 0.5) is 0 Å². The average Bonchev–Trinajstić information content (AvgIpc) is 2.85. The minimum Gasteiger partial charge on any atom is -0.299 e. The number of hydrogen-bond acceptors (Lipinski definition) is 3. The number of fused-ring (bicyclic) bond motifs is 1. The number of hydrogen-bond donors (Lipinski definition) is 0. The van der Waals surface area contributed by atoms with Crippen molar-refractivity contribution in [3.05, 3.63) is 21.3 Å². The number of halogens is 1. The number of thiophene rings is 1. The molecular formula is C13H19ClN2S. The maximum Gasteiger partial charge on any atom is 0.0931 e. The van der Waals surface area contributed by atoms with Crippen molar-refractivity contribution in [2.45, 2.75) is 31.8 Å². The molecule has 1 unspecified atom stereocenters. The number of rotatable bonds is 2. The molecule has 1 atom stereocenters. The lowest BCUT2D eigenvalue weighted by Gasteiger charge is -2.25. The van der Waals surface area contributed by atoms with Gasteiger partial charge >= 0.3 is 0 Å². The van der Waals surface area contributed by atoms with Crippen LogP contribution in [0.2, 0.25) is 4.34 Å². The van der Waals surface area contributed by atoms with Crippen LogP contribution in [0, 0.1) is 0 Å². The van der Waals surface area contributed by atoms with Crippen molar-refractivity contribution in [3.8, 4) is 0 Å². The Labute approximate surface area is 112 Å². The summed E-state index contributed by atoms with van der Waals surface area (Å²) in [5, 5.41) is 0. The topological polar surface area (TPSA) is 6.48 Å². The Bertz CT molecular complexity index is 379. The largest absolute Gasteiger partial charge is 0.299 e. The van der Waals surface area contributed by atoms with Crippen molar-refractivity contribution >= 4 is 22.9 Å². The quantitative estimate of drug-likeness (QED) is 0.815. The second kappa shape index (κ2) is 5.27. The molecule has 0 saturated carbocycles. The van der Waals surface area contributed by atoms with E-state index in [2.05, 4.69) is 15.9 Å². The predicted molar refractivity (Wildman–Crippen MR) is 73.8 cm³/mol. The molecule has 1 aromatic heterocycles. The van der Waals surface area contributed by atoms with Gasteiger partial charge in [-0.2, -0.15) is 0 Å². The molecule has 0 N–H and O–H groups in total. The van der Waals surface area contributed by atoms with E-state index in [1.54, 1.807) is 11.3 Å². The fraction of sp³-hybridized carbons (Fsp3) is 0.692. The van der Waals surface area contributed by atoms with E-state index in [-0.39, 0.29) is 0 Å². The van der Waals surface area contributed by atoms with Crippen molar-refractivity contribution in [1.29, 1.82) is 0 Å². The van der Waals surface area contributed by atoms with E-state index < -0.39 is 0 Å². The molecule has 2 nitrogen and oxygen atoms in total. The van der Waals surface area contributed by atoms with Gasteiger partial charge in [-0.15, -0.1) is 11.3 Å². The molecule has 3 rings (SSSR count). The van der Waals surface area contributed by atoms with Gasteiger partial charge in [0.2, 0.25) is 0 Å². The zero-order valence-corrected chi connectivity index (χ0v) is 11.6. The molecule has 2 fully saturated rings. The van der Waals surface area contributed by atoms with Gasteiger partial charge in [-0.05, 0) is 51.0 Å². The fourth-order valence-corrected chi connectivity index (χ4v) is 4.21. The molecule has 2 aliphatic heterocycles. The first-order valence-corrected chi connectivity index (χ1v) is 7.71. The lowest BCUT2D eigenvalue weighted by Crippen LogP contribution is -2.36. The molecule has 0 aromatic carbocycles. The molecule has 4 heteroatoms. The molecule has 1 aromatic rings. The summed E-state index contributed by atoms with van der Waals surface area (Å²) in [6.45, 7) is 6.19. The normalized spacial score (nSPS) is 27.0. The zero-order valence-electron chi connectivity index (χ0n) is 10.1. The Hall–Kier alpha value is -0.0900. The standard InChI is InChI=1S/C13H19ClN2S/c14-13-5-4-12(17-13)10-15-6-2-8-16-7-1-3-11(16)9-15/h4-5,11H,1-3,6-10H2. The van der Waals surface area contributed by atoms with Crippen LogP contribution in [0.5, 0.6) is 0 Å². The minimum atomic E-state index is 0.813. The maximum atomic E-state index is 5.99. The Kier molecular flexibility index (Phi) is 3.71. The van der Waals surface area contributed by atoms with Crippen molar-refractivity contribution in [1.82, 2.24) is 9.80 Å². The molecular weight excluding hydrogens is 252 g/mol. The summed E-state index contributed by atoms with van der Waals surface area (Å²) in [6.07, 6.45) is 4.10. The molecule has 0 spiro atoms.